The number of anilines is 1. The lowest BCUT2D eigenvalue weighted by Gasteiger charge is -2.14. The largest absolute Gasteiger partial charge is 0.332 e. The molecule has 0 aliphatic rings. The molecule has 0 radical (unpaired) electrons. The molecule has 0 aliphatic carbocycles. The second kappa shape index (κ2) is 7.84. The molecule has 1 aromatic carbocycles. The second-order valence-corrected chi connectivity index (χ2v) is 9.17. The highest BCUT2D eigenvalue weighted by molar-refractivity contribution is 6.05. The van der Waals surface area contributed by atoms with Crippen molar-refractivity contribution in [3.8, 4) is 5.69 Å². The van der Waals surface area contributed by atoms with Gasteiger partial charge in [-0.05, 0) is 30.7 Å². The molecule has 170 valence electrons. The van der Waals surface area contributed by atoms with Gasteiger partial charge in [-0.2, -0.15) is 5.10 Å². The highest BCUT2D eigenvalue weighted by atomic mass is 16.2. The molecule has 0 saturated heterocycles. The lowest BCUT2D eigenvalue weighted by Crippen LogP contribution is -2.37. The van der Waals surface area contributed by atoms with Crippen molar-refractivity contribution < 1.29 is 4.79 Å². The van der Waals surface area contributed by atoms with Crippen LogP contribution in [0.4, 0.5) is 5.82 Å². The van der Waals surface area contributed by atoms with Crippen molar-refractivity contribution in [1.29, 1.82) is 0 Å². The highest BCUT2D eigenvalue weighted by Gasteiger charge is 2.22. The first-order valence-electron chi connectivity index (χ1n) is 10.5. The van der Waals surface area contributed by atoms with Crippen molar-refractivity contribution in [2.45, 2.75) is 33.1 Å². The molecule has 1 amide bonds. The molecular weight excluding hydrogens is 420 g/mol. The molecule has 4 aromatic rings. The Morgan fingerprint density at radius 2 is 1.76 bits per heavy atom. The summed E-state index contributed by atoms with van der Waals surface area (Å²) in [4.78, 5) is 42.1. The number of aryl methyl sites for hydroxylation is 2. The number of carbonyl (C=O) groups excluding carboxylic acids is 1. The Balaban J connectivity index is 1.79. The second-order valence-electron chi connectivity index (χ2n) is 9.17. The van der Waals surface area contributed by atoms with Crippen LogP contribution in [-0.2, 0) is 19.5 Å². The number of nitrogens with one attached hydrogen (secondary N) is 1. The van der Waals surface area contributed by atoms with Gasteiger partial charge in [0, 0.05) is 31.8 Å². The van der Waals surface area contributed by atoms with Crippen LogP contribution in [0.1, 0.15) is 42.4 Å². The molecule has 0 bridgehead atoms. The normalized spacial score (nSPS) is 11.7. The first-order chi connectivity index (χ1) is 15.5. The van der Waals surface area contributed by atoms with Crippen LogP contribution in [0.15, 0.2) is 52.2 Å². The number of carbonyl (C=O) groups is 1. The van der Waals surface area contributed by atoms with E-state index in [0.717, 1.165) is 21.5 Å². The van der Waals surface area contributed by atoms with E-state index in [-0.39, 0.29) is 22.0 Å². The van der Waals surface area contributed by atoms with E-state index in [1.54, 1.807) is 4.68 Å². The number of benzene rings is 1. The molecular formula is C24H26N6O3. The number of hydrogen-bond donors (Lipinski definition) is 1. The van der Waals surface area contributed by atoms with Gasteiger partial charge in [-0.25, -0.2) is 14.5 Å². The summed E-state index contributed by atoms with van der Waals surface area (Å²) in [6, 6.07) is 11.1. The van der Waals surface area contributed by atoms with E-state index in [4.69, 9.17) is 5.10 Å². The predicted molar refractivity (Wildman–Crippen MR) is 127 cm³/mol. The maximum atomic E-state index is 13.1. The van der Waals surface area contributed by atoms with Crippen molar-refractivity contribution in [2.24, 2.45) is 14.1 Å². The third-order valence-electron chi connectivity index (χ3n) is 5.52. The van der Waals surface area contributed by atoms with Gasteiger partial charge in [-0.3, -0.25) is 18.7 Å². The molecule has 0 aliphatic heterocycles. The smallest absolute Gasteiger partial charge is 0.306 e. The molecule has 9 nitrogen and oxygen atoms in total. The number of rotatable bonds is 3. The lowest BCUT2D eigenvalue weighted by atomic mass is 9.92. The van der Waals surface area contributed by atoms with Gasteiger partial charge in [0.2, 0.25) is 0 Å². The Hall–Kier alpha value is -4.01. The van der Waals surface area contributed by atoms with Crippen LogP contribution in [0.5, 0.6) is 0 Å². The number of fused-ring (bicyclic) bond motifs is 1. The van der Waals surface area contributed by atoms with Crippen LogP contribution >= 0.6 is 0 Å². The van der Waals surface area contributed by atoms with Crippen LogP contribution in [0.3, 0.4) is 0 Å². The van der Waals surface area contributed by atoms with Crippen molar-refractivity contribution in [3.63, 3.8) is 0 Å². The van der Waals surface area contributed by atoms with E-state index in [0.29, 0.717) is 5.82 Å². The van der Waals surface area contributed by atoms with E-state index < -0.39 is 17.2 Å². The predicted octanol–water partition coefficient (Wildman–Crippen LogP) is 2.68. The molecule has 0 spiro atoms. The summed E-state index contributed by atoms with van der Waals surface area (Å²) in [6.45, 7) is 8.14. The molecule has 33 heavy (non-hydrogen) atoms. The fourth-order valence-electron chi connectivity index (χ4n) is 3.57. The van der Waals surface area contributed by atoms with E-state index in [2.05, 4.69) is 31.1 Å². The van der Waals surface area contributed by atoms with Crippen LogP contribution in [0.25, 0.3) is 16.7 Å². The van der Waals surface area contributed by atoms with Gasteiger partial charge >= 0.3 is 5.69 Å². The summed E-state index contributed by atoms with van der Waals surface area (Å²) in [7, 11) is 2.93. The van der Waals surface area contributed by atoms with Gasteiger partial charge in [0.25, 0.3) is 11.5 Å². The molecule has 0 fully saturated rings. The first kappa shape index (κ1) is 22.2. The van der Waals surface area contributed by atoms with Gasteiger partial charge in [0.15, 0.2) is 0 Å². The average molecular weight is 447 g/mol. The maximum Gasteiger partial charge on any atom is 0.332 e. The number of pyridine rings is 1. The van der Waals surface area contributed by atoms with Gasteiger partial charge in [-0.1, -0.05) is 32.9 Å². The number of aromatic nitrogens is 5. The van der Waals surface area contributed by atoms with Gasteiger partial charge in [0.1, 0.15) is 11.5 Å². The Morgan fingerprint density at radius 3 is 2.42 bits per heavy atom. The Kier molecular flexibility index (Phi) is 5.27. The zero-order chi connectivity index (χ0) is 24.1. The monoisotopic (exact) mass is 446 g/mol. The van der Waals surface area contributed by atoms with Crippen molar-refractivity contribution in [2.75, 3.05) is 5.32 Å². The molecule has 4 rings (SSSR count). The Labute approximate surface area is 190 Å². The molecule has 3 heterocycles. The minimum atomic E-state index is -0.505. The summed E-state index contributed by atoms with van der Waals surface area (Å²) >= 11 is 0. The number of amides is 1. The van der Waals surface area contributed by atoms with Crippen LogP contribution in [0.2, 0.25) is 0 Å². The summed E-state index contributed by atoms with van der Waals surface area (Å²) in [5.74, 6) is 0.0681. The summed E-state index contributed by atoms with van der Waals surface area (Å²) in [5, 5.41) is 7.83. The standard InChI is InChI=1S/C24H26N6O3/c1-14-8-7-9-16(10-14)30-19(12-18(27-30)24(2,3)4)26-21(31)15-11-17-20(25-13-15)28(5)23(33)29(6)22(17)32/h7-13H,1-6H3,(H,26,31). The van der Waals surface area contributed by atoms with Crippen LogP contribution < -0.4 is 16.6 Å². The molecule has 9 heteroatoms. The van der Waals surface area contributed by atoms with Crippen LogP contribution in [-0.4, -0.2) is 29.8 Å². The van der Waals surface area contributed by atoms with Gasteiger partial charge in [0.05, 0.1) is 22.3 Å². The fraction of sp³-hybridized carbons (Fsp3) is 0.292. The summed E-state index contributed by atoms with van der Waals surface area (Å²) in [6.07, 6.45) is 1.36. The van der Waals surface area contributed by atoms with Crippen molar-refractivity contribution >= 4 is 22.8 Å². The Bertz CT molecular complexity index is 1520. The van der Waals surface area contributed by atoms with Crippen molar-refractivity contribution in [1.82, 2.24) is 23.9 Å². The minimum Gasteiger partial charge on any atom is -0.306 e. The third-order valence-corrected chi connectivity index (χ3v) is 5.52. The quantitative estimate of drug-likeness (QED) is 0.521. The zero-order valence-corrected chi connectivity index (χ0v) is 19.5. The molecule has 3 aromatic heterocycles. The molecule has 0 atom stereocenters. The SMILES string of the molecule is Cc1cccc(-n2nc(C(C)(C)C)cc2NC(=O)c2cnc3c(c2)c(=O)n(C)c(=O)n3C)c1. The van der Waals surface area contributed by atoms with Gasteiger partial charge in [-0.15, -0.1) is 0 Å². The third kappa shape index (κ3) is 3.97. The maximum absolute atomic E-state index is 13.1. The van der Waals surface area contributed by atoms with E-state index in [9.17, 15) is 14.4 Å². The minimum absolute atomic E-state index is 0.190. The zero-order valence-electron chi connectivity index (χ0n) is 19.5. The molecule has 0 saturated carbocycles. The summed E-state index contributed by atoms with van der Waals surface area (Å²) < 4.78 is 3.97. The fourth-order valence-corrected chi connectivity index (χ4v) is 3.57. The lowest BCUT2D eigenvalue weighted by molar-refractivity contribution is 0.102. The van der Waals surface area contributed by atoms with Gasteiger partial charge < -0.3 is 5.32 Å². The Morgan fingerprint density at radius 1 is 1.03 bits per heavy atom. The summed E-state index contributed by atoms with van der Waals surface area (Å²) in [5.41, 5.74) is 1.92. The van der Waals surface area contributed by atoms with Crippen molar-refractivity contribution in [3.05, 3.63) is 80.3 Å². The molecule has 0 unspecified atom stereocenters. The first-order valence-corrected chi connectivity index (χ1v) is 10.5. The van der Waals surface area contributed by atoms with E-state index in [1.165, 1.54) is 30.9 Å². The van der Waals surface area contributed by atoms with E-state index in [1.807, 2.05) is 37.3 Å². The highest BCUT2D eigenvalue weighted by Crippen LogP contribution is 2.27. The molecule has 1 N–H and O–H groups in total. The topological polar surface area (TPSA) is 104 Å². The van der Waals surface area contributed by atoms with E-state index >= 15 is 0 Å². The average Bonchev–Trinajstić information content (AvgIpc) is 3.20. The number of hydrogen-bond acceptors (Lipinski definition) is 5. The van der Waals surface area contributed by atoms with Crippen LogP contribution in [0, 0.1) is 6.92 Å². The number of nitrogens with zero attached hydrogens (tertiary/aromatic N) is 5.